The minimum absolute atomic E-state index is 0.133. The van der Waals surface area contributed by atoms with Gasteiger partial charge in [0.2, 0.25) is 0 Å². The first kappa shape index (κ1) is 15.7. The normalized spacial score (nSPS) is 11.0. The molecule has 2 nitrogen and oxygen atoms in total. The molecule has 0 unspecified atom stereocenters. The van der Waals surface area contributed by atoms with Gasteiger partial charge in [0.25, 0.3) is 0 Å². The Labute approximate surface area is 126 Å². The molecule has 2 aromatic carbocycles. The lowest BCUT2D eigenvalue weighted by molar-refractivity contribution is 0.319. The van der Waals surface area contributed by atoms with Crippen LogP contribution in [-0.4, -0.2) is 25.0 Å². The molecule has 0 bridgehead atoms. The molecule has 0 saturated heterocycles. The number of hydrogen-bond donors (Lipinski definition) is 1. The molecule has 21 heavy (non-hydrogen) atoms. The highest BCUT2D eigenvalue weighted by Gasteiger charge is 2.01. The first-order valence-electron chi connectivity index (χ1n) is 7.42. The molecule has 0 aromatic heterocycles. The highest BCUT2D eigenvalue weighted by Crippen LogP contribution is 2.05. The molecule has 0 fully saturated rings. The van der Waals surface area contributed by atoms with Gasteiger partial charge in [-0.15, -0.1) is 0 Å². The van der Waals surface area contributed by atoms with E-state index in [0.29, 0.717) is 6.54 Å². The topological polar surface area (TPSA) is 15.3 Å². The molecule has 0 atom stereocenters. The summed E-state index contributed by atoms with van der Waals surface area (Å²) < 4.78 is 13.4. The Morgan fingerprint density at radius 1 is 1.00 bits per heavy atom. The average Bonchev–Trinajstić information content (AvgIpc) is 2.50. The van der Waals surface area contributed by atoms with Crippen LogP contribution >= 0.6 is 0 Å². The summed E-state index contributed by atoms with van der Waals surface area (Å²) in [6.45, 7) is 3.48. The zero-order valence-corrected chi connectivity index (χ0v) is 12.6. The van der Waals surface area contributed by atoms with E-state index < -0.39 is 0 Å². The fourth-order valence-corrected chi connectivity index (χ4v) is 2.31. The van der Waals surface area contributed by atoms with Crippen LogP contribution in [-0.2, 0) is 13.1 Å². The highest BCUT2D eigenvalue weighted by atomic mass is 19.1. The van der Waals surface area contributed by atoms with Crippen molar-refractivity contribution in [1.82, 2.24) is 10.2 Å². The Morgan fingerprint density at radius 2 is 1.71 bits per heavy atom. The third-order valence-corrected chi connectivity index (χ3v) is 3.46. The lowest BCUT2D eigenvalue weighted by Gasteiger charge is -2.16. The number of hydrogen-bond acceptors (Lipinski definition) is 2. The van der Waals surface area contributed by atoms with Crippen LogP contribution in [0.15, 0.2) is 54.6 Å². The molecule has 0 radical (unpaired) electrons. The van der Waals surface area contributed by atoms with Gasteiger partial charge in [0.1, 0.15) is 5.82 Å². The SMILES string of the molecule is CN(CCCNCc1ccccc1F)Cc1ccccc1. The van der Waals surface area contributed by atoms with E-state index in [9.17, 15) is 4.39 Å². The molecule has 3 heteroatoms. The Bertz CT molecular complexity index is 528. The number of rotatable bonds is 8. The largest absolute Gasteiger partial charge is 0.313 e. The fraction of sp³-hybridized carbons (Fsp3) is 0.333. The molecule has 112 valence electrons. The van der Waals surface area contributed by atoms with Gasteiger partial charge in [0.15, 0.2) is 0 Å². The van der Waals surface area contributed by atoms with Crippen LogP contribution in [0.4, 0.5) is 4.39 Å². The molecule has 2 aromatic rings. The lowest BCUT2D eigenvalue weighted by atomic mass is 10.2. The first-order valence-corrected chi connectivity index (χ1v) is 7.42. The Morgan fingerprint density at radius 3 is 2.48 bits per heavy atom. The van der Waals surface area contributed by atoms with E-state index in [1.165, 1.54) is 11.6 Å². The van der Waals surface area contributed by atoms with Crippen molar-refractivity contribution in [2.75, 3.05) is 20.1 Å². The van der Waals surface area contributed by atoms with Crippen molar-refractivity contribution in [3.8, 4) is 0 Å². The van der Waals surface area contributed by atoms with Crippen molar-refractivity contribution in [3.05, 3.63) is 71.5 Å². The molecule has 0 aliphatic heterocycles. The van der Waals surface area contributed by atoms with Crippen molar-refractivity contribution in [3.63, 3.8) is 0 Å². The van der Waals surface area contributed by atoms with Crippen LogP contribution in [0.25, 0.3) is 0 Å². The quantitative estimate of drug-likeness (QED) is 0.748. The van der Waals surface area contributed by atoms with Crippen molar-refractivity contribution in [2.24, 2.45) is 0 Å². The molecule has 2 rings (SSSR count). The van der Waals surface area contributed by atoms with Gasteiger partial charge >= 0.3 is 0 Å². The van der Waals surface area contributed by atoms with Crippen molar-refractivity contribution in [1.29, 1.82) is 0 Å². The summed E-state index contributed by atoms with van der Waals surface area (Å²) in [6, 6.07) is 17.4. The first-order chi connectivity index (χ1) is 10.3. The molecule has 1 N–H and O–H groups in total. The van der Waals surface area contributed by atoms with E-state index in [1.807, 2.05) is 18.2 Å². The third kappa shape index (κ3) is 5.66. The smallest absolute Gasteiger partial charge is 0.127 e. The van der Waals surface area contributed by atoms with Crippen molar-refractivity contribution in [2.45, 2.75) is 19.5 Å². The van der Waals surface area contributed by atoms with Gasteiger partial charge in [0.05, 0.1) is 0 Å². The van der Waals surface area contributed by atoms with Crippen LogP contribution < -0.4 is 5.32 Å². The molecule has 0 aliphatic rings. The highest BCUT2D eigenvalue weighted by molar-refractivity contribution is 5.17. The zero-order chi connectivity index (χ0) is 14.9. The van der Waals surface area contributed by atoms with Crippen LogP contribution in [0.2, 0.25) is 0 Å². The van der Waals surface area contributed by atoms with Crippen LogP contribution in [0.1, 0.15) is 17.5 Å². The summed E-state index contributed by atoms with van der Waals surface area (Å²) in [5.74, 6) is -0.133. The Balaban J connectivity index is 1.60. The van der Waals surface area contributed by atoms with Crippen LogP contribution in [0.3, 0.4) is 0 Å². The van der Waals surface area contributed by atoms with E-state index in [2.05, 4.69) is 41.5 Å². The van der Waals surface area contributed by atoms with Gasteiger partial charge in [-0.05, 0) is 38.2 Å². The summed E-state index contributed by atoms with van der Waals surface area (Å²) >= 11 is 0. The summed E-state index contributed by atoms with van der Waals surface area (Å²) in [5, 5.41) is 3.30. The average molecular weight is 286 g/mol. The number of nitrogens with one attached hydrogen (secondary N) is 1. The molecule has 0 spiro atoms. The van der Waals surface area contributed by atoms with E-state index in [-0.39, 0.29) is 5.82 Å². The maximum Gasteiger partial charge on any atom is 0.127 e. The van der Waals surface area contributed by atoms with Crippen LogP contribution in [0, 0.1) is 5.82 Å². The minimum Gasteiger partial charge on any atom is -0.313 e. The molecule has 0 amide bonds. The second kappa shape index (κ2) is 8.55. The van der Waals surface area contributed by atoms with Crippen molar-refractivity contribution < 1.29 is 4.39 Å². The molecule has 0 aliphatic carbocycles. The molecule has 0 saturated carbocycles. The standard InChI is InChI=1S/C18H23FN2/c1-21(15-16-8-3-2-4-9-16)13-7-12-20-14-17-10-5-6-11-18(17)19/h2-6,8-11,20H,7,12-15H2,1H3. The van der Waals surface area contributed by atoms with Gasteiger partial charge in [-0.2, -0.15) is 0 Å². The van der Waals surface area contributed by atoms with Gasteiger partial charge in [-0.1, -0.05) is 48.5 Å². The zero-order valence-electron chi connectivity index (χ0n) is 12.6. The summed E-state index contributed by atoms with van der Waals surface area (Å²) in [5.41, 5.74) is 2.06. The maximum absolute atomic E-state index is 13.4. The summed E-state index contributed by atoms with van der Waals surface area (Å²) in [7, 11) is 2.13. The second-order valence-corrected chi connectivity index (χ2v) is 5.35. The lowest BCUT2D eigenvalue weighted by Crippen LogP contribution is -2.24. The van der Waals surface area contributed by atoms with E-state index in [0.717, 1.165) is 31.6 Å². The van der Waals surface area contributed by atoms with E-state index in [4.69, 9.17) is 0 Å². The van der Waals surface area contributed by atoms with Gasteiger partial charge in [-0.25, -0.2) is 4.39 Å². The molecular weight excluding hydrogens is 263 g/mol. The van der Waals surface area contributed by atoms with Gasteiger partial charge in [-0.3, -0.25) is 0 Å². The Hall–Kier alpha value is -1.71. The van der Waals surface area contributed by atoms with Gasteiger partial charge < -0.3 is 10.2 Å². The maximum atomic E-state index is 13.4. The molecule has 0 heterocycles. The molecular formula is C18H23FN2. The third-order valence-electron chi connectivity index (χ3n) is 3.46. The number of halogens is 1. The summed E-state index contributed by atoms with van der Waals surface area (Å²) in [4.78, 5) is 2.31. The number of benzene rings is 2. The van der Waals surface area contributed by atoms with Gasteiger partial charge in [0, 0.05) is 18.7 Å². The Kier molecular flexibility index (Phi) is 6.38. The van der Waals surface area contributed by atoms with E-state index >= 15 is 0 Å². The number of nitrogens with zero attached hydrogens (tertiary/aromatic N) is 1. The second-order valence-electron chi connectivity index (χ2n) is 5.35. The fourth-order valence-electron chi connectivity index (χ4n) is 2.31. The van der Waals surface area contributed by atoms with E-state index in [1.54, 1.807) is 6.07 Å². The predicted octanol–water partition coefficient (Wildman–Crippen LogP) is 3.44. The van der Waals surface area contributed by atoms with Crippen molar-refractivity contribution >= 4 is 0 Å². The van der Waals surface area contributed by atoms with Crippen LogP contribution in [0.5, 0.6) is 0 Å². The monoisotopic (exact) mass is 286 g/mol. The predicted molar refractivity (Wildman–Crippen MR) is 85.5 cm³/mol. The summed E-state index contributed by atoms with van der Waals surface area (Å²) in [6.07, 6.45) is 1.05. The minimum atomic E-state index is -0.133.